The van der Waals surface area contributed by atoms with E-state index in [1.54, 1.807) is 0 Å². The Hall–Kier alpha value is -1.57. The second-order valence-electron chi connectivity index (χ2n) is 6.24. The topological polar surface area (TPSA) is 56.5 Å². The summed E-state index contributed by atoms with van der Waals surface area (Å²) in [6.07, 6.45) is 2.92. The Bertz CT molecular complexity index is 558. The largest absolute Gasteiger partial charge is 0.387 e. The third-order valence-electron chi connectivity index (χ3n) is 4.79. The number of benzene rings is 1. The Balaban J connectivity index is 1.91. The van der Waals surface area contributed by atoms with Gasteiger partial charge in [-0.2, -0.15) is 5.26 Å². The first-order chi connectivity index (χ1) is 10.2. The minimum Gasteiger partial charge on any atom is -0.387 e. The van der Waals surface area contributed by atoms with Crippen LogP contribution in [-0.2, 0) is 11.2 Å². The molecule has 1 aromatic carbocycles. The molecule has 1 N–H and O–H groups in total. The van der Waals surface area contributed by atoms with Gasteiger partial charge in [-0.05, 0) is 42.9 Å². The molecule has 1 aromatic rings. The fraction of sp³-hybridized carbons (Fsp3) is 0.588. The van der Waals surface area contributed by atoms with Crippen molar-refractivity contribution in [2.45, 2.75) is 31.8 Å². The summed E-state index contributed by atoms with van der Waals surface area (Å²) in [5.74, 6) is 0. The quantitative estimate of drug-likeness (QED) is 0.907. The molecule has 0 radical (unpaired) electrons. The molecule has 1 saturated heterocycles. The van der Waals surface area contributed by atoms with Crippen LogP contribution in [0.4, 0.5) is 5.69 Å². The van der Waals surface area contributed by atoms with E-state index in [4.69, 9.17) is 4.74 Å². The molecule has 0 saturated carbocycles. The van der Waals surface area contributed by atoms with Gasteiger partial charge in [-0.3, -0.25) is 0 Å². The molecular formula is C17H22N2O2. The molecule has 0 aliphatic carbocycles. The highest BCUT2D eigenvalue weighted by Gasteiger charge is 2.41. The van der Waals surface area contributed by atoms with Gasteiger partial charge >= 0.3 is 0 Å². The zero-order valence-corrected chi connectivity index (χ0v) is 12.5. The van der Waals surface area contributed by atoms with Crippen molar-refractivity contribution >= 4 is 5.69 Å². The average Bonchev–Trinajstić information content (AvgIpc) is 2.54. The number of hydrogen-bond acceptors (Lipinski definition) is 4. The van der Waals surface area contributed by atoms with Crippen LogP contribution in [0.25, 0.3) is 0 Å². The highest BCUT2D eigenvalue weighted by atomic mass is 16.5. The molecule has 2 unspecified atom stereocenters. The highest BCUT2D eigenvalue weighted by molar-refractivity contribution is 5.56. The van der Waals surface area contributed by atoms with Gasteiger partial charge in [-0.1, -0.05) is 12.1 Å². The average molecular weight is 286 g/mol. The van der Waals surface area contributed by atoms with E-state index in [1.165, 1.54) is 11.3 Å². The number of anilines is 1. The van der Waals surface area contributed by atoms with Crippen LogP contribution in [0.2, 0.25) is 0 Å². The Kier molecular flexibility index (Phi) is 3.88. The molecule has 2 aliphatic heterocycles. The maximum absolute atomic E-state index is 10.7. The SMILES string of the molecule is CN1CCCc2cc(C(O)C3(C#N)CCCOC3)ccc21. The number of nitriles is 1. The van der Waals surface area contributed by atoms with E-state index in [0.29, 0.717) is 19.6 Å². The number of nitrogens with zero attached hydrogens (tertiary/aromatic N) is 2. The van der Waals surface area contributed by atoms with Crippen molar-refractivity contribution in [2.75, 3.05) is 31.7 Å². The van der Waals surface area contributed by atoms with Crippen molar-refractivity contribution in [3.63, 3.8) is 0 Å². The second kappa shape index (κ2) is 5.67. The van der Waals surface area contributed by atoms with E-state index in [1.807, 2.05) is 6.07 Å². The number of aliphatic hydroxyl groups excluding tert-OH is 1. The smallest absolute Gasteiger partial charge is 0.111 e. The lowest BCUT2D eigenvalue weighted by atomic mass is 9.75. The van der Waals surface area contributed by atoms with E-state index in [9.17, 15) is 10.4 Å². The van der Waals surface area contributed by atoms with Crippen molar-refractivity contribution in [2.24, 2.45) is 5.41 Å². The number of hydrogen-bond donors (Lipinski definition) is 1. The maximum Gasteiger partial charge on any atom is 0.111 e. The van der Waals surface area contributed by atoms with Crippen LogP contribution in [0.3, 0.4) is 0 Å². The Labute approximate surface area is 125 Å². The standard InChI is InChI=1S/C17H22N2O2/c1-19-8-2-4-13-10-14(5-6-15(13)19)16(20)17(11-18)7-3-9-21-12-17/h5-6,10,16,20H,2-4,7-9,12H2,1H3. The molecule has 2 aliphatic rings. The zero-order valence-electron chi connectivity index (χ0n) is 12.5. The van der Waals surface area contributed by atoms with E-state index in [-0.39, 0.29) is 0 Å². The molecule has 0 spiro atoms. The van der Waals surface area contributed by atoms with Gasteiger partial charge in [0.2, 0.25) is 0 Å². The van der Waals surface area contributed by atoms with Crippen molar-refractivity contribution in [1.29, 1.82) is 5.26 Å². The predicted molar refractivity (Wildman–Crippen MR) is 81.1 cm³/mol. The van der Waals surface area contributed by atoms with Crippen LogP contribution in [0.15, 0.2) is 18.2 Å². The summed E-state index contributed by atoms with van der Waals surface area (Å²) in [6, 6.07) is 8.42. The Morgan fingerprint density at radius 2 is 2.29 bits per heavy atom. The van der Waals surface area contributed by atoms with Gasteiger partial charge in [0.25, 0.3) is 0 Å². The van der Waals surface area contributed by atoms with Crippen LogP contribution < -0.4 is 4.90 Å². The monoisotopic (exact) mass is 286 g/mol. The van der Waals surface area contributed by atoms with Gasteiger partial charge in [0, 0.05) is 25.9 Å². The Morgan fingerprint density at radius 3 is 3.00 bits per heavy atom. The molecule has 21 heavy (non-hydrogen) atoms. The van der Waals surface area contributed by atoms with E-state index in [2.05, 4.69) is 30.1 Å². The molecule has 0 bridgehead atoms. The summed E-state index contributed by atoms with van der Waals surface area (Å²) < 4.78 is 5.46. The van der Waals surface area contributed by atoms with E-state index >= 15 is 0 Å². The number of ether oxygens (including phenoxy) is 1. The fourth-order valence-corrected chi connectivity index (χ4v) is 3.48. The normalized spacial score (nSPS) is 26.8. The highest BCUT2D eigenvalue weighted by Crippen LogP contribution is 2.41. The molecule has 4 nitrogen and oxygen atoms in total. The van der Waals surface area contributed by atoms with Gasteiger partial charge in [-0.15, -0.1) is 0 Å². The van der Waals surface area contributed by atoms with E-state index < -0.39 is 11.5 Å². The minimum absolute atomic E-state index is 0.321. The third kappa shape index (κ3) is 2.52. The Morgan fingerprint density at radius 1 is 1.43 bits per heavy atom. The lowest BCUT2D eigenvalue weighted by molar-refractivity contribution is -0.0506. The van der Waals surface area contributed by atoms with Crippen molar-refractivity contribution in [3.8, 4) is 6.07 Å². The number of aryl methyl sites for hydroxylation is 1. The van der Waals surface area contributed by atoms with Gasteiger partial charge in [0.05, 0.1) is 18.8 Å². The third-order valence-corrected chi connectivity index (χ3v) is 4.79. The summed E-state index contributed by atoms with van der Waals surface area (Å²) in [5.41, 5.74) is 2.55. The lowest BCUT2D eigenvalue weighted by Crippen LogP contribution is -2.36. The van der Waals surface area contributed by atoms with Crippen LogP contribution >= 0.6 is 0 Å². The first-order valence-electron chi connectivity index (χ1n) is 7.67. The van der Waals surface area contributed by atoms with Crippen LogP contribution in [-0.4, -0.2) is 31.9 Å². The summed E-state index contributed by atoms with van der Waals surface area (Å²) in [6.45, 7) is 2.08. The van der Waals surface area contributed by atoms with Crippen LogP contribution in [0, 0.1) is 16.7 Å². The molecule has 3 rings (SSSR count). The molecule has 0 aromatic heterocycles. The number of fused-ring (bicyclic) bond motifs is 1. The van der Waals surface area contributed by atoms with Crippen molar-refractivity contribution < 1.29 is 9.84 Å². The van der Waals surface area contributed by atoms with E-state index in [0.717, 1.165) is 31.4 Å². The first-order valence-corrected chi connectivity index (χ1v) is 7.67. The molecule has 112 valence electrons. The molecular weight excluding hydrogens is 264 g/mol. The summed E-state index contributed by atoms with van der Waals surface area (Å²) in [4.78, 5) is 2.25. The van der Waals surface area contributed by atoms with Crippen LogP contribution in [0.5, 0.6) is 0 Å². The van der Waals surface area contributed by atoms with Gasteiger partial charge in [-0.25, -0.2) is 0 Å². The van der Waals surface area contributed by atoms with Gasteiger partial charge in [0.15, 0.2) is 0 Å². The second-order valence-corrected chi connectivity index (χ2v) is 6.24. The summed E-state index contributed by atoms with van der Waals surface area (Å²) in [7, 11) is 2.10. The first kappa shape index (κ1) is 14.4. The zero-order chi connectivity index (χ0) is 14.9. The maximum atomic E-state index is 10.7. The molecule has 1 fully saturated rings. The van der Waals surface area contributed by atoms with Crippen LogP contribution in [0.1, 0.15) is 36.5 Å². The lowest BCUT2D eigenvalue weighted by Gasteiger charge is -2.35. The predicted octanol–water partition coefficient (Wildman–Crippen LogP) is 2.42. The molecule has 4 heteroatoms. The molecule has 0 amide bonds. The van der Waals surface area contributed by atoms with Gasteiger partial charge < -0.3 is 14.7 Å². The number of rotatable bonds is 2. The van der Waals surface area contributed by atoms with Crippen molar-refractivity contribution in [3.05, 3.63) is 29.3 Å². The number of aliphatic hydroxyl groups is 1. The molecule has 2 heterocycles. The molecule has 2 atom stereocenters. The van der Waals surface area contributed by atoms with Gasteiger partial charge in [0.1, 0.15) is 5.41 Å². The fourth-order valence-electron chi connectivity index (χ4n) is 3.48. The van der Waals surface area contributed by atoms with Crippen molar-refractivity contribution in [1.82, 2.24) is 0 Å². The minimum atomic E-state index is -0.799. The summed E-state index contributed by atoms with van der Waals surface area (Å²) >= 11 is 0. The summed E-state index contributed by atoms with van der Waals surface area (Å²) in [5, 5.41) is 20.3.